The molecule has 2 N–H and O–H groups in total. The second kappa shape index (κ2) is 5.71. The Morgan fingerprint density at radius 3 is 2.60 bits per heavy atom. The van der Waals surface area contributed by atoms with Crippen molar-refractivity contribution in [2.45, 2.75) is 13.0 Å². The second-order valence-electron chi connectivity index (χ2n) is 2.54. The molecule has 10 heavy (non-hydrogen) atoms. The van der Waals surface area contributed by atoms with Crippen molar-refractivity contribution < 1.29 is 10.2 Å². The summed E-state index contributed by atoms with van der Waals surface area (Å²) in [6, 6.07) is 0. The molecule has 0 spiro atoms. The van der Waals surface area contributed by atoms with E-state index in [9.17, 15) is 0 Å². The fraction of sp³-hybridized carbons (Fsp3) is 1.00. The Hall–Kier alpha value is -0.0551. The van der Waals surface area contributed by atoms with Gasteiger partial charge in [0.2, 0.25) is 0 Å². The van der Waals surface area contributed by atoms with Gasteiger partial charge in [-0.3, -0.25) is 0 Å². The van der Waals surface area contributed by atoms with Crippen LogP contribution in [0.4, 0.5) is 0 Å². The highest BCUT2D eigenvalue weighted by atomic mass is 16.3. The quantitative estimate of drug-likeness (QED) is 0.482. The number of hydrogen-bond donors (Lipinski definition) is 2. The Morgan fingerprint density at radius 2 is 2.20 bits per heavy atom. The summed E-state index contributed by atoms with van der Waals surface area (Å²) in [6.45, 7) is 2.50. The topological polar surface area (TPSA) is 43.7 Å². The highest BCUT2D eigenvalue weighted by molar-refractivity contribution is 6.35. The Kier molecular flexibility index (Phi) is 5.68. The first-order chi connectivity index (χ1) is 4.66. The minimum absolute atomic E-state index is 0.101. The lowest BCUT2D eigenvalue weighted by Crippen LogP contribution is -2.31. The summed E-state index contributed by atoms with van der Waals surface area (Å²) in [5.41, 5.74) is 0. The second-order valence-corrected chi connectivity index (χ2v) is 2.54. The number of likely N-dealkylation sites (N-methyl/N-ethyl adjacent to an activating group) is 1. The van der Waals surface area contributed by atoms with Gasteiger partial charge < -0.3 is 15.1 Å². The zero-order valence-corrected chi connectivity index (χ0v) is 6.62. The number of aliphatic hydroxyl groups is 2. The van der Waals surface area contributed by atoms with Gasteiger partial charge in [-0.05, 0) is 20.4 Å². The van der Waals surface area contributed by atoms with Crippen molar-refractivity contribution in [1.29, 1.82) is 0 Å². The fourth-order valence-corrected chi connectivity index (χ4v) is 0.804. The van der Waals surface area contributed by atoms with Gasteiger partial charge in [0.1, 0.15) is 0 Å². The van der Waals surface area contributed by atoms with E-state index < -0.39 is 0 Å². The van der Waals surface area contributed by atoms with Crippen molar-refractivity contribution in [2.75, 3.05) is 26.5 Å². The van der Waals surface area contributed by atoms with Crippen molar-refractivity contribution in [3.63, 3.8) is 0 Å². The average Bonchev–Trinajstić information content (AvgIpc) is 1.82. The monoisotopic (exact) mass is 144 g/mol. The van der Waals surface area contributed by atoms with Crippen molar-refractivity contribution >= 4 is 7.28 Å². The minimum atomic E-state index is -0.294. The number of hydrogen-bond acceptors (Lipinski definition) is 3. The molecule has 0 saturated heterocycles. The van der Waals surface area contributed by atoms with Crippen LogP contribution >= 0.6 is 0 Å². The Morgan fingerprint density at radius 1 is 1.60 bits per heavy atom. The molecule has 0 aromatic carbocycles. The lowest BCUT2D eigenvalue weighted by Gasteiger charge is -2.16. The molecule has 0 aromatic rings. The van der Waals surface area contributed by atoms with Crippen LogP contribution in [0.5, 0.6) is 0 Å². The molecule has 1 unspecified atom stereocenters. The number of nitrogens with zero attached hydrogens (tertiary/aromatic N) is 1. The smallest absolute Gasteiger partial charge is 0.163 e. The Labute approximate surface area is 62.9 Å². The van der Waals surface area contributed by atoms with E-state index in [2.05, 4.69) is 0 Å². The van der Waals surface area contributed by atoms with Crippen molar-refractivity contribution in [1.82, 2.24) is 4.90 Å². The van der Waals surface area contributed by atoms with E-state index >= 15 is 0 Å². The van der Waals surface area contributed by atoms with Crippen LogP contribution in [-0.4, -0.2) is 55.0 Å². The predicted octanol–water partition coefficient (Wildman–Crippen LogP) is -1.09. The zero-order chi connectivity index (χ0) is 7.98. The molecule has 0 bridgehead atoms. The SMILES string of the molecule is CC(O)CN(C)C[B]CO. The highest BCUT2D eigenvalue weighted by Crippen LogP contribution is 1.85. The van der Waals surface area contributed by atoms with Crippen LogP contribution < -0.4 is 0 Å². The van der Waals surface area contributed by atoms with Gasteiger partial charge >= 0.3 is 0 Å². The molecule has 0 fully saturated rings. The van der Waals surface area contributed by atoms with Crippen LogP contribution in [0, 0.1) is 0 Å². The van der Waals surface area contributed by atoms with E-state index in [0.29, 0.717) is 6.54 Å². The average molecular weight is 144 g/mol. The maximum atomic E-state index is 8.90. The molecular formula is C6H15BNO2. The molecule has 1 radical (unpaired) electrons. The summed E-state index contributed by atoms with van der Waals surface area (Å²) in [5, 5.41) is 17.3. The lowest BCUT2D eigenvalue weighted by molar-refractivity contribution is 0.150. The molecule has 0 heterocycles. The van der Waals surface area contributed by atoms with E-state index in [0.717, 1.165) is 6.44 Å². The normalized spacial score (nSPS) is 13.7. The predicted molar refractivity (Wildman–Crippen MR) is 42.0 cm³/mol. The van der Waals surface area contributed by atoms with Crippen molar-refractivity contribution in [3.8, 4) is 0 Å². The van der Waals surface area contributed by atoms with Gasteiger partial charge in [0.15, 0.2) is 7.28 Å². The van der Waals surface area contributed by atoms with E-state index in [4.69, 9.17) is 10.2 Å². The van der Waals surface area contributed by atoms with Crippen LogP contribution in [-0.2, 0) is 0 Å². The van der Waals surface area contributed by atoms with Gasteiger partial charge in [-0.15, -0.1) is 0 Å². The third kappa shape index (κ3) is 6.07. The Balaban J connectivity index is 3.16. The summed E-state index contributed by atoms with van der Waals surface area (Å²) in [5.74, 6) is 0. The van der Waals surface area contributed by atoms with Crippen LogP contribution in [0.15, 0.2) is 0 Å². The van der Waals surface area contributed by atoms with Gasteiger partial charge in [-0.2, -0.15) is 0 Å². The van der Waals surface area contributed by atoms with Crippen LogP contribution in [0.1, 0.15) is 6.92 Å². The van der Waals surface area contributed by atoms with E-state index in [1.54, 1.807) is 14.2 Å². The van der Waals surface area contributed by atoms with Crippen molar-refractivity contribution in [2.24, 2.45) is 0 Å². The summed E-state index contributed by atoms with van der Waals surface area (Å²) >= 11 is 0. The van der Waals surface area contributed by atoms with Crippen LogP contribution in [0.2, 0.25) is 0 Å². The van der Waals surface area contributed by atoms with E-state index in [1.807, 2.05) is 11.9 Å². The molecule has 0 aliphatic heterocycles. The van der Waals surface area contributed by atoms with Gasteiger partial charge in [0.05, 0.1) is 6.10 Å². The summed E-state index contributed by atoms with van der Waals surface area (Å²) < 4.78 is 0. The molecule has 0 aromatic heterocycles. The molecule has 0 saturated carbocycles. The number of aliphatic hydroxyl groups excluding tert-OH is 2. The standard InChI is InChI=1S/C6H15BNO2/c1-6(10)3-8(2)4-7-5-9/h6,9-10H,3-5H2,1-2H3. The van der Waals surface area contributed by atoms with Gasteiger partial charge in [0, 0.05) is 13.1 Å². The molecule has 4 heteroatoms. The molecule has 0 aliphatic rings. The minimum Gasteiger partial charge on any atom is -0.405 e. The summed E-state index contributed by atoms with van der Waals surface area (Å²) in [6.07, 6.45) is 0.429. The largest absolute Gasteiger partial charge is 0.405 e. The molecule has 0 amide bonds. The first-order valence-electron chi connectivity index (χ1n) is 3.46. The zero-order valence-electron chi connectivity index (χ0n) is 6.62. The van der Waals surface area contributed by atoms with Crippen LogP contribution in [0.25, 0.3) is 0 Å². The fourth-order valence-electron chi connectivity index (χ4n) is 0.804. The molecule has 59 valence electrons. The third-order valence-corrected chi connectivity index (χ3v) is 1.15. The lowest BCUT2D eigenvalue weighted by atomic mass is 9.80. The summed E-state index contributed by atoms with van der Waals surface area (Å²) in [7, 11) is 3.65. The van der Waals surface area contributed by atoms with Gasteiger partial charge in [-0.25, -0.2) is 0 Å². The van der Waals surface area contributed by atoms with E-state index in [-0.39, 0.29) is 12.6 Å². The maximum Gasteiger partial charge on any atom is 0.163 e. The van der Waals surface area contributed by atoms with Gasteiger partial charge in [-0.1, -0.05) is 0 Å². The van der Waals surface area contributed by atoms with E-state index in [1.165, 1.54) is 0 Å². The first-order valence-corrected chi connectivity index (χ1v) is 3.46. The summed E-state index contributed by atoms with van der Waals surface area (Å²) in [4.78, 5) is 1.95. The molecular weight excluding hydrogens is 129 g/mol. The molecule has 0 aliphatic carbocycles. The van der Waals surface area contributed by atoms with Crippen LogP contribution in [0.3, 0.4) is 0 Å². The number of rotatable bonds is 5. The maximum absolute atomic E-state index is 8.90. The Bertz CT molecular complexity index is 80.1. The van der Waals surface area contributed by atoms with Crippen molar-refractivity contribution in [3.05, 3.63) is 0 Å². The highest BCUT2D eigenvalue weighted by Gasteiger charge is 2.01. The molecule has 3 nitrogen and oxygen atoms in total. The molecule has 1 atom stereocenters. The third-order valence-electron chi connectivity index (χ3n) is 1.15. The molecule has 0 rings (SSSR count). The van der Waals surface area contributed by atoms with Gasteiger partial charge in [0.25, 0.3) is 0 Å². The first kappa shape index (κ1) is 9.94.